The minimum atomic E-state index is -0.244. The molecule has 0 aromatic carbocycles. The lowest BCUT2D eigenvalue weighted by atomic mass is 10.1. The van der Waals surface area contributed by atoms with Gasteiger partial charge in [-0.3, -0.25) is 4.79 Å². The van der Waals surface area contributed by atoms with E-state index in [0.717, 1.165) is 12.8 Å². The van der Waals surface area contributed by atoms with Crippen LogP contribution in [0.3, 0.4) is 0 Å². The molecule has 0 saturated carbocycles. The van der Waals surface area contributed by atoms with Crippen LogP contribution in [0.25, 0.3) is 0 Å². The van der Waals surface area contributed by atoms with E-state index in [1.165, 1.54) is 19.3 Å². The molecule has 0 rings (SSSR count). The number of unbranched alkanes of at least 4 members (excludes halogenated alkanes) is 3. The fourth-order valence-electron chi connectivity index (χ4n) is 0.954. The molecule has 0 aliphatic heterocycles. The van der Waals surface area contributed by atoms with Crippen molar-refractivity contribution in [2.45, 2.75) is 51.3 Å². The molecule has 0 aromatic rings. The molecule has 1 atom stereocenters. The van der Waals surface area contributed by atoms with Crippen molar-refractivity contribution in [3.8, 4) is 0 Å². The fraction of sp³-hybridized carbons (Fsp3) is 0.889. The van der Waals surface area contributed by atoms with Crippen molar-refractivity contribution in [2.24, 2.45) is 0 Å². The molecule has 66 valence electrons. The minimum Gasteiger partial charge on any atom is -0.298 e. The van der Waals surface area contributed by atoms with Crippen LogP contribution in [0.5, 0.6) is 0 Å². The summed E-state index contributed by atoms with van der Waals surface area (Å²) >= 11 is 5.75. The second-order valence-corrected chi connectivity index (χ2v) is 3.45. The quantitative estimate of drug-likeness (QED) is 0.449. The van der Waals surface area contributed by atoms with Crippen LogP contribution in [0.2, 0.25) is 0 Å². The second-order valence-electron chi connectivity index (χ2n) is 2.93. The van der Waals surface area contributed by atoms with Crippen LogP contribution in [0, 0.1) is 0 Å². The highest BCUT2D eigenvalue weighted by molar-refractivity contribution is 6.30. The van der Waals surface area contributed by atoms with E-state index in [-0.39, 0.29) is 11.2 Å². The highest BCUT2D eigenvalue weighted by Gasteiger charge is 2.08. The van der Waals surface area contributed by atoms with Crippen molar-refractivity contribution in [1.82, 2.24) is 0 Å². The maximum Gasteiger partial charge on any atom is 0.147 e. The van der Waals surface area contributed by atoms with Crippen molar-refractivity contribution in [3.63, 3.8) is 0 Å². The number of halogens is 1. The average Bonchev–Trinajstić information content (AvgIpc) is 1.97. The first-order chi connectivity index (χ1) is 5.18. The summed E-state index contributed by atoms with van der Waals surface area (Å²) in [5, 5.41) is -0.244. The molecule has 0 radical (unpaired) electrons. The number of carbonyl (C=O) groups excluding carboxylic acids is 1. The molecule has 0 amide bonds. The third-order valence-corrected chi connectivity index (χ3v) is 2.28. The average molecular weight is 177 g/mol. The lowest BCUT2D eigenvalue weighted by Crippen LogP contribution is -2.09. The van der Waals surface area contributed by atoms with Gasteiger partial charge < -0.3 is 0 Å². The first-order valence-electron chi connectivity index (χ1n) is 4.33. The van der Waals surface area contributed by atoms with E-state index in [1.807, 2.05) is 0 Å². The number of hydrogen-bond acceptors (Lipinski definition) is 1. The zero-order valence-corrected chi connectivity index (χ0v) is 8.16. The topological polar surface area (TPSA) is 17.1 Å². The van der Waals surface area contributed by atoms with Crippen LogP contribution in [0.4, 0.5) is 0 Å². The lowest BCUT2D eigenvalue weighted by molar-refractivity contribution is -0.116. The summed E-state index contributed by atoms with van der Waals surface area (Å²) in [6.45, 7) is 3.72. The lowest BCUT2D eigenvalue weighted by Gasteiger charge is -2.03. The standard InChI is InChI=1S/C9H17ClO/c1-3-4-5-6-7-9(10)8(2)11/h9H,3-7H2,1-2H3. The monoisotopic (exact) mass is 176 g/mol. The fourth-order valence-corrected chi connectivity index (χ4v) is 1.11. The smallest absolute Gasteiger partial charge is 0.147 e. The van der Waals surface area contributed by atoms with Gasteiger partial charge in [-0.25, -0.2) is 0 Å². The van der Waals surface area contributed by atoms with Gasteiger partial charge in [-0.15, -0.1) is 11.6 Å². The summed E-state index contributed by atoms with van der Waals surface area (Å²) in [7, 11) is 0. The molecule has 0 N–H and O–H groups in total. The molecule has 1 nitrogen and oxygen atoms in total. The molecular weight excluding hydrogens is 160 g/mol. The van der Waals surface area contributed by atoms with Crippen LogP contribution in [-0.2, 0) is 4.79 Å². The first kappa shape index (κ1) is 11.0. The van der Waals surface area contributed by atoms with Crippen LogP contribution in [-0.4, -0.2) is 11.2 Å². The summed E-state index contributed by atoms with van der Waals surface area (Å²) in [6, 6.07) is 0. The number of hydrogen-bond donors (Lipinski definition) is 0. The molecule has 0 bridgehead atoms. The molecule has 0 aliphatic carbocycles. The van der Waals surface area contributed by atoms with Gasteiger partial charge in [0.05, 0.1) is 5.38 Å². The highest BCUT2D eigenvalue weighted by atomic mass is 35.5. The van der Waals surface area contributed by atoms with E-state index in [9.17, 15) is 4.79 Å². The van der Waals surface area contributed by atoms with Gasteiger partial charge in [-0.1, -0.05) is 32.6 Å². The normalized spacial score (nSPS) is 13.0. The van der Waals surface area contributed by atoms with E-state index in [1.54, 1.807) is 6.92 Å². The Morgan fingerprint density at radius 2 is 2.00 bits per heavy atom. The molecule has 11 heavy (non-hydrogen) atoms. The summed E-state index contributed by atoms with van der Waals surface area (Å²) in [5.74, 6) is 0.100. The maximum atomic E-state index is 10.7. The molecule has 0 heterocycles. The second kappa shape index (κ2) is 6.66. The van der Waals surface area contributed by atoms with E-state index >= 15 is 0 Å². The first-order valence-corrected chi connectivity index (χ1v) is 4.76. The Balaban J connectivity index is 3.17. The van der Waals surface area contributed by atoms with E-state index in [0.29, 0.717) is 0 Å². The predicted octanol–water partition coefficient (Wildman–Crippen LogP) is 3.15. The number of alkyl halides is 1. The molecule has 0 aliphatic rings. The summed E-state index contributed by atoms with van der Waals surface area (Å²) in [6.07, 6.45) is 5.61. The molecule has 0 aromatic heterocycles. The van der Waals surface area contributed by atoms with Crippen molar-refractivity contribution < 1.29 is 4.79 Å². The number of ketones is 1. The largest absolute Gasteiger partial charge is 0.298 e. The van der Waals surface area contributed by atoms with Gasteiger partial charge in [0, 0.05) is 0 Å². The predicted molar refractivity (Wildman–Crippen MR) is 49.1 cm³/mol. The number of Topliss-reactive ketones (excluding diaryl/α,β-unsaturated/α-hetero) is 1. The molecule has 0 saturated heterocycles. The molecule has 0 spiro atoms. The van der Waals surface area contributed by atoms with E-state index < -0.39 is 0 Å². The Labute approximate surface area is 74.1 Å². The van der Waals surface area contributed by atoms with Gasteiger partial charge in [0.25, 0.3) is 0 Å². The van der Waals surface area contributed by atoms with Crippen molar-refractivity contribution >= 4 is 17.4 Å². The Bertz CT molecular complexity index is 112. The SMILES string of the molecule is CCCCCCC(Cl)C(C)=O. The van der Waals surface area contributed by atoms with E-state index in [2.05, 4.69) is 6.92 Å². The Morgan fingerprint density at radius 1 is 1.36 bits per heavy atom. The summed E-state index contributed by atoms with van der Waals surface area (Å²) < 4.78 is 0. The van der Waals surface area contributed by atoms with Gasteiger partial charge in [0.15, 0.2) is 0 Å². The van der Waals surface area contributed by atoms with Gasteiger partial charge in [-0.05, 0) is 13.3 Å². The summed E-state index contributed by atoms with van der Waals surface area (Å²) in [4.78, 5) is 10.7. The maximum absolute atomic E-state index is 10.7. The van der Waals surface area contributed by atoms with Gasteiger partial charge in [0.2, 0.25) is 0 Å². The van der Waals surface area contributed by atoms with Crippen LogP contribution < -0.4 is 0 Å². The third kappa shape index (κ3) is 6.36. The Hall–Kier alpha value is -0.0400. The van der Waals surface area contributed by atoms with Crippen molar-refractivity contribution in [2.75, 3.05) is 0 Å². The van der Waals surface area contributed by atoms with Gasteiger partial charge >= 0.3 is 0 Å². The number of rotatable bonds is 6. The third-order valence-electron chi connectivity index (χ3n) is 1.75. The summed E-state index contributed by atoms with van der Waals surface area (Å²) in [5.41, 5.74) is 0. The van der Waals surface area contributed by atoms with Gasteiger partial charge in [0.1, 0.15) is 5.78 Å². The van der Waals surface area contributed by atoms with Crippen molar-refractivity contribution in [1.29, 1.82) is 0 Å². The molecular formula is C9H17ClO. The Morgan fingerprint density at radius 3 is 2.45 bits per heavy atom. The molecule has 1 unspecified atom stereocenters. The minimum absolute atomic E-state index is 0.100. The van der Waals surface area contributed by atoms with Crippen LogP contribution >= 0.6 is 11.6 Å². The number of carbonyl (C=O) groups is 1. The Kier molecular flexibility index (Phi) is 6.63. The van der Waals surface area contributed by atoms with Crippen molar-refractivity contribution in [3.05, 3.63) is 0 Å². The zero-order chi connectivity index (χ0) is 8.69. The van der Waals surface area contributed by atoms with Crippen LogP contribution in [0.15, 0.2) is 0 Å². The van der Waals surface area contributed by atoms with Crippen LogP contribution in [0.1, 0.15) is 46.0 Å². The van der Waals surface area contributed by atoms with Gasteiger partial charge in [-0.2, -0.15) is 0 Å². The van der Waals surface area contributed by atoms with E-state index in [4.69, 9.17) is 11.6 Å². The molecule has 0 fully saturated rings. The molecule has 2 heteroatoms. The highest BCUT2D eigenvalue weighted by Crippen LogP contribution is 2.10. The zero-order valence-electron chi connectivity index (χ0n) is 7.40.